The van der Waals surface area contributed by atoms with E-state index in [4.69, 9.17) is 5.73 Å². The Kier molecular flexibility index (Phi) is 10.8. The lowest BCUT2D eigenvalue weighted by molar-refractivity contribution is -0.138. The van der Waals surface area contributed by atoms with Crippen LogP contribution in [-0.4, -0.2) is 110 Å². The maximum atomic E-state index is 12.3. The maximum absolute atomic E-state index is 12.3. The van der Waals surface area contributed by atoms with Crippen molar-refractivity contribution in [2.45, 2.75) is 76.8 Å². The molecule has 0 spiro atoms. The fraction of sp³-hybridized carbons (Fsp3) is 0.960. The molecule has 1 amide bonds. The van der Waals surface area contributed by atoms with E-state index in [0.717, 1.165) is 90.0 Å². The van der Waals surface area contributed by atoms with Gasteiger partial charge in [0.1, 0.15) is 0 Å². The maximum Gasteiger partial charge on any atom is 0.251 e. The van der Waals surface area contributed by atoms with Crippen LogP contribution in [0.15, 0.2) is 0 Å². The summed E-state index contributed by atoms with van der Waals surface area (Å²) in [4.78, 5) is 21.0. The first-order valence-electron chi connectivity index (χ1n) is 13.3. The van der Waals surface area contributed by atoms with E-state index in [1.807, 2.05) is 9.80 Å². The Bertz CT molecular complexity index is 571. The number of carbonyl (C=O) groups is 1. The van der Waals surface area contributed by atoms with Gasteiger partial charge in [0.05, 0.1) is 6.54 Å². The average molecular weight is 472 g/mol. The molecule has 2 N–H and O–H groups in total. The van der Waals surface area contributed by atoms with Crippen LogP contribution in [0.3, 0.4) is 0 Å². The number of hydrogen-bond acceptors (Lipinski definition) is 5. The number of alkyl halides is 2. The SMILES string of the molecule is CC1CCC(N2CCN(CC(F)F)CC2)CC1.CN1CCN(C(=O)C2CCCC(N)C2)CC1. The molecular formula is C25H47F2N5O. The molecule has 0 aromatic rings. The van der Waals surface area contributed by atoms with Crippen molar-refractivity contribution in [2.24, 2.45) is 17.6 Å². The molecule has 4 fully saturated rings. The zero-order valence-corrected chi connectivity index (χ0v) is 20.9. The minimum atomic E-state index is -2.18. The number of piperazine rings is 2. The number of hydrogen-bond donors (Lipinski definition) is 1. The van der Waals surface area contributed by atoms with Gasteiger partial charge in [-0.1, -0.05) is 13.3 Å². The summed E-state index contributed by atoms with van der Waals surface area (Å²) in [6.07, 6.45) is 7.23. The number of nitrogens with two attached hydrogens (primary N) is 1. The number of rotatable bonds is 4. The van der Waals surface area contributed by atoms with Crippen molar-refractivity contribution in [3.8, 4) is 0 Å². The highest BCUT2D eigenvalue weighted by Crippen LogP contribution is 2.28. The van der Waals surface area contributed by atoms with Crippen LogP contribution in [0.5, 0.6) is 0 Å². The summed E-state index contributed by atoms with van der Waals surface area (Å²) in [5.74, 6) is 1.43. The quantitative estimate of drug-likeness (QED) is 0.683. The van der Waals surface area contributed by atoms with E-state index in [-0.39, 0.29) is 18.5 Å². The predicted molar refractivity (Wildman–Crippen MR) is 129 cm³/mol. The monoisotopic (exact) mass is 471 g/mol. The lowest BCUT2D eigenvalue weighted by Gasteiger charge is -2.41. The third-order valence-electron chi connectivity index (χ3n) is 8.18. The highest BCUT2D eigenvalue weighted by Gasteiger charge is 2.30. The van der Waals surface area contributed by atoms with Crippen LogP contribution in [0.25, 0.3) is 0 Å². The molecule has 33 heavy (non-hydrogen) atoms. The summed E-state index contributed by atoms with van der Waals surface area (Å²) in [5, 5.41) is 0. The first kappa shape index (κ1) is 26.8. The summed E-state index contributed by atoms with van der Waals surface area (Å²) in [7, 11) is 2.11. The fourth-order valence-electron chi connectivity index (χ4n) is 5.85. The molecule has 4 aliphatic rings. The van der Waals surface area contributed by atoms with Crippen LogP contribution < -0.4 is 5.73 Å². The lowest BCUT2D eigenvalue weighted by atomic mass is 9.85. The largest absolute Gasteiger partial charge is 0.340 e. The van der Waals surface area contributed by atoms with E-state index in [1.165, 1.54) is 25.7 Å². The van der Waals surface area contributed by atoms with Gasteiger partial charge >= 0.3 is 0 Å². The van der Waals surface area contributed by atoms with E-state index in [9.17, 15) is 13.6 Å². The standard InChI is InChI=1S/C13H24F2N2.C12H23N3O/c1-11-2-4-12(5-3-11)17-8-6-16(7-9-17)10-13(14)15;1-14-5-7-15(8-6-14)12(16)10-3-2-4-11(13)9-10/h11-13H,2-10H2,1H3;10-11H,2-9,13H2,1H3. The average Bonchev–Trinajstić information content (AvgIpc) is 2.80. The lowest BCUT2D eigenvalue weighted by Crippen LogP contribution is -2.51. The van der Waals surface area contributed by atoms with Gasteiger partial charge in [0, 0.05) is 70.4 Å². The molecular weight excluding hydrogens is 424 g/mol. The highest BCUT2D eigenvalue weighted by atomic mass is 19.3. The van der Waals surface area contributed by atoms with Gasteiger partial charge in [0.25, 0.3) is 6.43 Å². The molecule has 2 unspecified atom stereocenters. The zero-order valence-electron chi connectivity index (χ0n) is 20.9. The van der Waals surface area contributed by atoms with Crippen LogP contribution in [-0.2, 0) is 4.79 Å². The van der Waals surface area contributed by atoms with Crippen molar-refractivity contribution in [2.75, 3.05) is 66.0 Å². The van der Waals surface area contributed by atoms with Crippen LogP contribution in [0, 0.1) is 11.8 Å². The first-order valence-corrected chi connectivity index (χ1v) is 13.3. The predicted octanol–water partition coefficient (Wildman–Crippen LogP) is 2.73. The van der Waals surface area contributed by atoms with Crippen molar-refractivity contribution in [3.05, 3.63) is 0 Å². The molecule has 192 valence electrons. The summed E-state index contributed by atoms with van der Waals surface area (Å²) in [6, 6.07) is 0.968. The van der Waals surface area contributed by atoms with Gasteiger partial charge in [0.15, 0.2) is 0 Å². The van der Waals surface area contributed by atoms with Gasteiger partial charge in [-0.05, 0) is 57.9 Å². The molecule has 2 aliphatic carbocycles. The van der Waals surface area contributed by atoms with Gasteiger partial charge in [-0.3, -0.25) is 14.6 Å². The van der Waals surface area contributed by atoms with E-state index in [1.54, 1.807) is 0 Å². The van der Waals surface area contributed by atoms with Crippen molar-refractivity contribution >= 4 is 5.91 Å². The van der Waals surface area contributed by atoms with E-state index in [2.05, 4.69) is 23.8 Å². The third-order valence-corrected chi connectivity index (χ3v) is 8.18. The minimum absolute atomic E-state index is 0.0461. The second-order valence-corrected chi connectivity index (χ2v) is 10.9. The van der Waals surface area contributed by atoms with Crippen LogP contribution >= 0.6 is 0 Å². The van der Waals surface area contributed by atoms with E-state index in [0.29, 0.717) is 5.91 Å². The third kappa shape index (κ3) is 8.71. The van der Waals surface area contributed by atoms with Crippen LogP contribution in [0.1, 0.15) is 58.3 Å². The second kappa shape index (κ2) is 13.3. The molecule has 0 bridgehead atoms. The Morgan fingerprint density at radius 1 is 0.909 bits per heavy atom. The topological polar surface area (TPSA) is 56.0 Å². The molecule has 2 atom stereocenters. The second-order valence-electron chi connectivity index (χ2n) is 10.9. The van der Waals surface area contributed by atoms with Crippen LogP contribution in [0.2, 0.25) is 0 Å². The minimum Gasteiger partial charge on any atom is -0.340 e. The summed E-state index contributed by atoms with van der Waals surface area (Å²) >= 11 is 0. The molecule has 2 saturated heterocycles. The van der Waals surface area contributed by atoms with Crippen molar-refractivity contribution in [3.63, 3.8) is 0 Å². The Balaban J connectivity index is 0.000000186. The normalized spacial score (nSPS) is 33.0. The van der Waals surface area contributed by atoms with Gasteiger partial charge in [-0.15, -0.1) is 0 Å². The van der Waals surface area contributed by atoms with E-state index < -0.39 is 6.43 Å². The molecule has 6 nitrogen and oxygen atoms in total. The molecule has 2 heterocycles. The molecule has 0 radical (unpaired) electrons. The van der Waals surface area contributed by atoms with Gasteiger partial charge in [0.2, 0.25) is 5.91 Å². The number of halogens is 2. The van der Waals surface area contributed by atoms with Gasteiger partial charge in [-0.2, -0.15) is 0 Å². The molecule has 0 aromatic heterocycles. The number of likely N-dealkylation sites (N-methyl/N-ethyl adjacent to an activating group) is 1. The Labute approximate surface area is 199 Å². The molecule has 4 rings (SSSR count). The summed E-state index contributed by atoms with van der Waals surface area (Å²) in [5.41, 5.74) is 5.94. The number of amides is 1. The molecule has 0 aromatic carbocycles. The Morgan fingerprint density at radius 3 is 2.12 bits per heavy atom. The van der Waals surface area contributed by atoms with E-state index >= 15 is 0 Å². The van der Waals surface area contributed by atoms with Crippen LogP contribution in [0.4, 0.5) is 8.78 Å². The summed E-state index contributed by atoms with van der Waals surface area (Å²) in [6.45, 7) is 9.66. The smallest absolute Gasteiger partial charge is 0.251 e. The fourth-order valence-corrected chi connectivity index (χ4v) is 5.85. The number of nitrogens with zero attached hydrogens (tertiary/aromatic N) is 4. The van der Waals surface area contributed by atoms with Gasteiger partial charge in [-0.25, -0.2) is 8.78 Å². The molecule has 8 heteroatoms. The summed E-state index contributed by atoms with van der Waals surface area (Å²) < 4.78 is 24.5. The highest BCUT2D eigenvalue weighted by molar-refractivity contribution is 5.79. The first-order chi connectivity index (χ1) is 15.8. The van der Waals surface area contributed by atoms with Crippen molar-refractivity contribution in [1.82, 2.24) is 19.6 Å². The Morgan fingerprint density at radius 2 is 1.55 bits per heavy atom. The van der Waals surface area contributed by atoms with Gasteiger partial charge < -0.3 is 15.5 Å². The van der Waals surface area contributed by atoms with Crippen molar-refractivity contribution in [1.29, 1.82) is 0 Å². The van der Waals surface area contributed by atoms with Crippen molar-refractivity contribution < 1.29 is 13.6 Å². The number of carbonyl (C=O) groups excluding carboxylic acids is 1. The molecule has 2 saturated carbocycles. The zero-order chi connectivity index (χ0) is 23.8. The Hall–Kier alpha value is -0.830. The molecule has 2 aliphatic heterocycles.